The maximum atomic E-state index is 13.4. The van der Waals surface area contributed by atoms with Crippen molar-refractivity contribution in [2.45, 2.75) is 102 Å². The highest BCUT2D eigenvalue weighted by molar-refractivity contribution is 5.95. The minimum Gasteiger partial charge on any atom is -0.494 e. The summed E-state index contributed by atoms with van der Waals surface area (Å²) in [6.07, 6.45) is 14.4. The lowest BCUT2D eigenvalue weighted by molar-refractivity contribution is -0.159. The highest BCUT2D eigenvalue weighted by Gasteiger charge is 2.35. The van der Waals surface area contributed by atoms with Gasteiger partial charge in [-0.05, 0) is 86.4 Å². The van der Waals surface area contributed by atoms with Crippen molar-refractivity contribution < 1.29 is 33.9 Å². The zero-order valence-electron chi connectivity index (χ0n) is 26.9. The number of esters is 1. The number of amides is 3. The summed E-state index contributed by atoms with van der Waals surface area (Å²) in [7, 11) is 0. The lowest BCUT2D eigenvalue weighted by Crippen LogP contribution is -2.49. The fourth-order valence-electron chi connectivity index (χ4n) is 5.86. The van der Waals surface area contributed by atoms with Crippen LogP contribution in [0.15, 0.2) is 65.8 Å². The van der Waals surface area contributed by atoms with Crippen LogP contribution in [0.1, 0.15) is 105 Å². The first kappa shape index (κ1) is 35.3. The summed E-state index contributed by atoms with van der Waals surface area (Å²) in [5.74, 6) is -0.231. The van der Waals surface area contributed by atoms with Crippen LogP contribution in [-0.4, -0.2) is 58.8 Å². The number of unbranched alkanes of at least 4 members (excludes halogenated alkanes) is 3. The zero-order chi connectivity index (χ0) is 33.3. The number of hydrogen-bond acceptors (Lipinski definition) is 8. The van der Waals surface area contributed by atoms with Crippen molar-refractivity contribution in [3.05, 3.63) is 77.4 Å². The van der Waals surface area contributed by atoms with Crippen LogP contribution < -0.4 is 15.6 Å². The van der Waals surface area contributed by atoms with E-state index in [0.29, 0.717) is 63.0 Å². The van der Waals surface area contributed by atoms with Crippen LogP contribution in [0.2, 0.25) is 0 Å². The Bertz CT molecular complexity index is 1390. The van der Waals surface area contributed by atoms with Gasteiger partial charge in [-0.1, -0.05) is 49.6 Å². The highest BCUT2D eigenvalue weighted by Crippen LogP contribution is 2.29. The Labute approximate surface area is 276 Å². The summed E-state index contributed by atoms with van der Waals surface area (Å²) >= 11 is 0. The van der Waals surface area contributed by atoms with Gasteiger partial charge in [0.05, 0.1) is 18.9 Å². The van der Waals surface area contributed by atoms with Crippen LogP contribution in [0.5, 0.6) is 5.75 Å². The summed E-state index contributed by atoms with van der Waals surface area (Å²) in [6, 6.07) is 14.4. The van der Waals surface area contributed by atoms with Crippen molar-refractivity contribution >= 4 is 29.9 Å². The minimum atomic E-state index is -0.373. The van der Waals surface area contributed by atoms with Gasteiger partial charge in [-0.15, -0.1) is 0 Å². The van der Waals surface area contributed by atoms with E-state index in [0.717, 1.165) is 56.1 Å². The predicted molar refractivity (Wildman–Crippen MR) is 177 cm³/mol. The minimum absolute atomic E-state index is 0.0490. The molecule has 2 atom stereocenters. The molecule has 0 bridgehead atoms. The number of nitrogens with one attached hydrogen (secondary N) is 2. The number of hydrazone groups is 1. The van der Waals surface area contributed by atoms with Gasteiger partial charge in [0, 0.05) is 31.4 Å². The molecule has 3 N–H and O–H groups in total. The van der Waals surface area contributed by atoms with Crippen LogP contribution in [0.4, 0.5) is 0 Å². The van der Waals surface area contributed by atoms with E-state index in [2.05, 4.69) is 10.5 Å². The van der Waals surface area contributed by atoms with E-state index in [1.165, 1.54) is 0 Å². The first-order chi connectivity index (χ1) is 22.9. The number of hydrogen-bond donors (Lipinski definition) is 3. The molecule has 1 aliphatic heterocycles. The molecule has 1 fully saturated rings. The second kappa shape index (κ2) is 19.2. The normalized spacial score (nSPS) is 19.6. The fraction of sp³-hybridized carbons (Fsp3) is 0.472. The number of rotatable bonds is 13. The molecule has 3 amide bonds. The highest BCUT2D eigenvalue weighted by atomic mass is 16.5. The van der Waals surface area contributed by atoms with Crippen LogP contribution in [0.25, 0.3) is 0 Å². The van der Waals surface area contributed by atoms with Crippen LogP contribution in [0.3, 0.4) is 0 Å². The molecule has 4 rings (SSSR count). The molecule has 0 spiro atoms. The second-order valence-corrected chi connectivity index (χ2v) is 12.0. The fourth-order valence-corrected chi connectivity index (χ4v) is 5.86. The predicted octanol–water partition coefficient (Wildman–Crippen LogP) is 5.60. The van der Waals surface area contributed by atoms with E-state index < -0.39 is 0 Å². The smallest absolute Gasteiger partial charge is 0.306 e. The van der Waals surface area contributed by atoms with Crippen LogP contribution in [0, 0.1) is 0 Å². The van der Waals surface area contributed by atoms with E-state index >= 15 is 0 Å². The Morgan fingerprint density at radius 3 is 2.55 bits per heavy atom. The lowest BCUT2D eigenvalue weighted by Gasteiger charge is -2.39. The van der Waals surface area contributed by atoms with Gasteiger partial charge in [0.2, 0.25) is 11.8 Å². The van der Waals surface area contributed by atoms with Gasteiger partial charge < -0.3 is 14.4 Å². The van der Waals surface area contributed by atoms with Gasteiger partial charge >= 0.3 is 5.97 Å². The molecule has 0 radical (unpaired) electrons. The Hall–Kier alpha value is -4.51. The largest absolute Gasteiger partial charge is 0.494 e. The molecular formula is C36H46N4O7. The van der Waals surface area contributed by atoms with Crippen molar-refractivity contribution in [1.82, 2.24) is 15.8 Å². The monoisotopic (exact) mass is 646 g/mol. The summed E-state index contributed by atoms with van der Waals surface area (Å²) in [5.41, 5.74) is 6.34. The van der Waals surface area contributed by atoms with E-state index in [1.807, 2.05) is 41.3 Å². The van der Waals surface area contributed by atoms with Gasteiger partial charge in [0.25, 0.3) is 5.91 Å². The van der Waals surface area contributed by atoms with Gasteiger partial charge in [0.1, 0.15) is 11.9 Å². The molecule has 252 valence electrons. The number of benzene rings is 2. The van der Waals surface area contributed by atoms with Gasteiger partial charge in [-0.3, -0.25) is 24.4 Å². The Morgan fingerprint density at radius 2 is 1.74 bits per heavy atom. The number of ether oxygens (including phenoxy) is 2. The van der Waals surface area contributed by atoms with Gasteiger partial charge in [-0.25, -0.2) is 10.9 Å². The third-order valence-corrected chi connectivity index (χ3v) is 8.37. The summed E-state index contributed by atoms with van der Waals surface area (Å²) in [4.78, 5) is 51.5. The molecule has 11 nitrogen and oxygen atoms in total. The van der Waals surface area contributed by atoms with Crippen molar-refractivity contribution in [2.24, 2.45) is 5.10 Å². The van der Waals surface area contributed by atoms with Gasteiger partial charge in [0.15, 0.2) is 0 Å². The van der Waals surface area contributed by atoms with Crippen molar-refractivity contribution in [2.75, 3.05) is 6.61 Å². The number of nitrogens with zero attached hydrogens (tertiary/aromatic N) is 2. The third-order valence-electron chi connectivity index (χ3n) is 8.37. The molecular weight excluding hydrogens is 600 g/mol. The van der Waals surface area contributed by atoms with Crippen molar-refractivity contribution in [3.63, 3.8) is 0 Å². The maximum absolute atomic E-state index is 13.4. The molecule has 1 heterocycles. The number of carbonyl (C=O) groups excluding carboxylic acids is 4. The molecule has 2 aromatic carbocycles. The average molecular weight is 647 g/mol. The van der Waals surface area contributed by atoms with Gasteiger partial charge in [-0.2, -0.15) is 5.10 Å². The van der Waals surface area contributed by atoms with E-state index in [9.17, 15) is 19.2 Å². The molecule has 1 aliphatic carbocycles. The topological polar surface area (TPSA) is 147 Å². The first-order valence-corrected chi connectivity index (χ1v) is 16.6. The molecule has 11 heteroatoms. The number of carbonyl (C=O) groups is 4. The Kier molecular flexibility index (Phi) is 14.5. The number of hydroxylamine groups is 1. The van der Waals surface area contributed by atoms with Crippen molar-refractivity contribution in [1.29, 1.82) is 0 Å². The third kappa shape index (κ3) is 12.0. The lowest BCUT2D eigenvalue weighted by atomic mass is 9.90. The quantitative estimate of drug-likeness (QED) is 0.0641. The Balaban J connectivity index is 1.29. The SMILES string of the molecule is O=C(CCCCCCOc1ccc(C(=O)N/N=C/c2cccc(CN3C(=O)CC/C=C/CCC(=O)O[C@@H]4CCCC[C@H]43)c2)cc1)NO. The first-order valence-electron chi connectivity index (χ1n) is 16.6. The zero-order valence-corrected chi connectivity index (χ0v) is 26.9. The molecule has 2 aromatic rings. The molecule has 2 aliphatic rings. The van der Waals surface area contributed by atoms with Crippen LogP contribution in [-0.2, 0) is 25.7 Å². The molecule has 47 heavy (non-hydrogen) atoms. The summed E-state index contributed by atoms with van der Waals surface area (Å²) in [6.45, 7) is 0.923. The second-order valence-electron chi connectivity index (χ2n) is 12.0. The average Bonchev–Trinajstić information content (AvgIpc) is 3.08. The molecule has 0 saturated heterocycles. The number of fused-ring (bicyclic) bond motifs is 1. The standard InChI is InChI=1S/C36H46N4O7/c41-33(39-45)16-5-3-4-10-23-46-30-21-19-29(20-22-30)36(44)38-37-25-27-12-11-13-28(24-27)26-40-31-14-8-9-15-32(31)47-35(43)18-7-2-1-6-17-34(40)42/h1-2,11-13,19-22,24-25,31-32,45H,3-10,14-18,23,26H2,(H,38,44)(H,39,41)/b2-1+,37-25+/t31-,32-/m1/s1. The summed E-state index contributed by atoms with van der Waals surface area (Å²) < 4.78 is 11.6. The number of allylic oxidation sites excluding steroid dienone is 2. The molecule has 1 saturated carbocycles. The van der Waals surface area contributed by atoms with Crippen molar-refractivity contribution in [3.8, 4) is 5.75 Å². The maximum Gasteiger partial charge on any atom is 0.306 e. The van der Waals surface area contributed by atoms with E-state index in [1.54, 1.807) is 36.0 Å². The van der Waals surface area contributed by atoms with Crippen LogP contribution >= 0.6 is 0 Å². The van der Waals surface area contributed by atoms with E-state index in [-0.39, 0.29) is 35.8 Å². The Morgan fingerprint density at radius 1 is 0.979 bits per heavy atom. The molecule has 0 aromatic heterocycles. The molecule has 0 unspecified atom stereocenters. The van der Waals surface area contributed by atoms with E-state index in [4.69, 9.17) is 14.7 Å². The summed E-state index contributed by atoms with van der Waals surface area (Å²) in [5, 5.41) is 12.7.